The maximum Gasteiger partial charge on any atom is 0.270 e. The topological polar surface area (TPSA) is 58.1 Å². The molecule has 3 aromatic rings. The second-order valence-corrected chi connectivity index (χ2v) is 7.72. The number of rotatable bonds is 7. The van der Waals surface area contributed by atoms with Gasteiger partial charge in [-0.3, -0.25) is 9.69 Å². The smallest absolute Gasteiger partial charge is 0.270 e. The van der Waals surface area contributed by atoms with E-state index in [1.54, 1.807) is 0 Å². The van der Waals surface area contributed by atoms with E-state index >= 15 is 0 Å². The van der Waals surface area contributed by atoms with Crippen LogP contribution in [0.2, 0.25) is 0 Å². The van der Waals surface area contributed by atoms with Gasteiger partial charge in [-0.25, -0.2) is 9.97 Å². The van der Waals surface area contributed by atoms with E-state index in [4.69, 9.17) is 0 Å². The quantitative estimate of drug-likeness (QED) is 0.659. The third kappa shape index (κ3) is 4.74. The summed E-state index contributed by atoms with van der Waals surface area (Å²) in [5.41, 5.74) is 6.41. The zero-order valence-electron chi connectivity index (χ0n) is 17.5. The predicted molar refractivity (Wildman–Crippen MR) is 118 cm³/mol. The van der Waals surface area contributed by atoms with Crippen molar-refractivity contribution in [3.8, 4) is 0 Å². The predicted octanol–water partition coefficient (Wildman–Crippen LogP) is 3.57. The largest absolute Gasteiger partial charge is 0.350 e. The van der Waals surface area contributed by atoms with E-state index in [1.165, 1.54) is 23.0 Å². The molecular formula is C25H28N4O. The summed E-state index contributed by atoms with van der Waals surface area (Å²) in [5.74, 6) is -0.0980. The maximum absolute atomic E-state index is 12.8. The number of benzene rings is 2. The lowest BCUT2D eigenvalue weighted by Crippen LogP contribution is -2.34. The first kappa shape index (κ1) is 20.2. The van der Waals surface area contributed by atoms with Crippen molar-refractivity contribution in [2.45, 2.75) is 39.3 Å². The van der Waals surface area contributed by atoms with Gasteiger partial charge < -0.3 is 5.32 Å². The Balaban J connectivity index is 1.38. The van der Waals surface area contributed by atoms with Gasteiger partial charge in [0.1, 0.15) is 12.0 Å². The van der Waals surface area contributed by atoms with Crippen LogP contribution in [-0.4, -0.2) is 33.9 Å². The molecule has 5 heteroatoms. The van der Waals surface area contributed by atoms with E-state index in [-0.39, 0.29) is 5.91 Å². The molecule has 0 bridgehead atoms. The number of nitrogens with one attached hydrogen (secondary N) is 1. The molecule has 0 aliphatic carbocycles. The monoisotopic (exact) mass is 400 g/mol. The van der Waals surface area contributed by atoms with Crippen molar-refractivity contribution in [1.82, 2.24) is 20.2 Å². The first-order chi connectivity index (χ1) is 14.7. The molecule has 0 unspecified atom stereocenters. The number of hydrogen-bond donors (Lipinski definition) is 1. The summed E-state index contributed by atoms with van der Waals surface area (Å²) >= 11 is 0. The van der Waals surface area contributed by atoms with Crippen molar-refractivity contribution in [2.24, 2.45) is 0 Å². The fourth-order valence-corrected chi connectivity index (χ4v) is 4.12. The molecule has 0 spiro atoms. The van der Waals surface area contributed by atoms with Crippen LogP contribution in [0.1, 0.15) is 45.4 Å². The summed E-state index contributed by atoms with van der Waals surface area (Å²) < 4.78 is 0. The number of carbonyl (C=O) groups excluding carboxylic acids is 1. The van der Waals surface area contributed by atoms with E-state index in [0.29, 0.717) is 12.2 Å². The van der Waals surface area contributed by atoms with Crippen LogP contribution in [0.25, 0.3) is 0 Å². The van der Waals surface area contributed by atoms with Gasteiger partial charge in [0.2, 0.25) is 0 Å². The Morgan fingerprint density at radius 2 is 1.80 bits per heavy atom. The fraction of sp³-hybridized carbons (Fsp3) is 0.320. The molecule has 0 saturated heterocycles. The summed E-state index contributed by atoms with van der Waals surface area (Å²) in [4.78, 5) is 24.0. The number of fused-ring (bicyclic) bond motifs is 1. The van der Waals surface area contributed by atoms with E-state index in [1.807, 2.05) is 6.07 Å². The van der Waals surface area contributed by atoms with Gasteiger partial charge in [0.05, 0.1) is 5.69 Å². The number of amides is 1. The average Bonchev–Trinajstić information content (AvgIpc) is 2.79. The lowest BCUT2D eigenvalue weighted by atomic mass is 10.0. The molecule has 4 rings (SSSR count). The van der Waals surface area contributed by atoms with Crippen LogP contribution in [0.3, 0.4) is 0 Å². The summed E-state index contributed by atoms with van der Waals surface area (Å²) in [6.07, 6.45) is 4.15. The highest BCUT2D eigenvalue weighted by Gasteiger charge is 2.23. The summed E-state index contributed by atoms with van der Waals surface area (Å²) in [6.45, 7) is 5.30. The molecule has 1 aromatic heterocycles. The molecule has 0 atom stereocenters. The molecule has 0 fully saturated rings. The van der Waals surface area contributed by atoms with Crippen molar-refractivity contribution in [3.05, 3.63) is 94.6 Å². The zero-order chi connectivity index (χ0) is 20.8. The zero-order valence-corrected chi connectivity index (χ0v) is 17.5. The summed E-state index contributed by atoms with van der Waals surface area (Å²) in [5, 5.41) is 3.06. The van der Waals surface area contributed by atoms with E-state index in [0.717, 1.165) is 50.2 Å². The Labute approximate surface area is 178 Å². The van der Waals surface area contributed by atoms with E-state index in [2.05, 4.69) is 75.6 Å². The minimum Gasteiger partial charge on any atom is -0.350 e. The number of aromatic nitrogens is 2. The molecule has 154 valence electrons. The molecule has 0 radical (unpaired) electrons. The normalized spacial score (nSPS) is 13.6. The van der Waals surface area contributed by atoms with E-state index in [9.17, 15) is 4.79 Å². The molecule has 5 nitrogen and oxygen atoms in total. The maximum atomic E-state index is 12.8. The van der Waals surface area contributed by atoms with Crippen LogP contribution >= 0.6 is 0 Å². The van der Waals surface area contributed by atoms with Gasteiger partial charge in [0.25, 0.3) is 5.91 Å². The minimum atomic E-state index is -0.0980. The van der Waals surface area contributed by atoms with Gasteiger partial charge in [-0.1, -0.05) is 61.5 Å². The van der Waals surface area contributed by atoms with Gasteiger partial charge in [-0.2, -0.15) is 0 Å². The van der Waals surface area contributed by atoms with Crippen LogP contribution in [0.15, 0.2) is 60.9 Å². The first-order valence-corrected chi connectivity index (χ1v) is 10.7. The summed E-state index contributed by atoms with van der Waals surface area (Å²) in [7, 11) is 0. The van der Waals surface area contributed by atoms with Crippen LogP contribution in [-0.2, 0) is 32.4 Å². The number of aryl methyl sites for hydroxylation is 1. The molecule has 1 aliphatic rings. The van der Waals surface area contributed by atoms with E-state index < -0.39 is 0 Å². The van der Waals surface area contributed by atoms with Gasteiger partial charge in [0, 0.05) is 31.7 Å². The molecule has 2 aromatic carbocycles. The Morgan fingerprint density at radius 3 is 2.60 bits per heavy atom. The lowest BCUT2D eigenvalue weighted by molar-refractivity contribution is 0.0946. The molecule has 2 heterocycles. The highest BCUT2D eigenvalue weighted by molar-refractivity contribution is 5.93. The van der Waals surface area contributed by atoms with Crippen molar-refractivity contribution in [2.75, 3.05) is 13.1 Å². The SMILES string of the molecule is CCc1ccccc1CCNC(=O)c1ncnc2c1CCN(Cc1ccccc1)C2. The van der Waals surface area contributed by atoms with Crippen LogP contribution in [0, 0.1) is 0 Å². The highest BCUT2D eigenvalue weighted by atomic mass is 16.1. The van der Waals surface area contributed by atoms with Gasteiger partial charge in [0.15, 0.2) is 0 Å². The van der Waals surface area contributed by atoms with Crippen LogP contribution in [0.4, 0.5) is 0 Å². The second-order valence-electron chi connectivity index (χ2n) is 7.72. The Morgan fingerprint density at radius 1 is 1.03 bits per heavy atom. The molecule has 30 heavy (non-hydrogen) atoms. The third-order valence-corrected chi connectivity index (χ3v) is 5.73. The first-order valence-electron chi connectivity index (χ1n) is 10.7. The molecular weight excluding hydrogens is 372 g/mol. The Hall–Kier alpha value is -3.05. The average molecular weight is 401 g/mol. The molecule has 0 saturated carbocycles. The Bertz CT molecular complexity index is 1000. The number of hydrogen-bond acceptors (Lipinski definition) is 4. The van der Waals surface area contributed by atoms with Gasteiger partial charge >= 0.3 is 0 Å². The number of nitrogens with zero attached hydrogens (tertiary/aromatic N) is 3. The fourth-order valence-electron chi connectivity index (χ4n) is 4.12. The van der Waals surface area contributed by atoms with Gasteiger partial charge in [-0.05, 0) is 36.0 Å². The van der Waals surface area contributed by atoms with Crippen molar-refractivity contribution >= 4 is 5.91 Å². The standard InChI is InChI=1S/C25H28N4O/c1-2-20-10-6-7-11-21(20)12-14-26-25(30)24-22-13-15-29(17-23(22)27-18-28-24)16-19-8-4-3-5-9-19/h3-11,18H,2,12-17H2,1H3,(H,26,30). The molecule has 1 amide bonds. The molecule has 1 aliphatic heterocycles. The third-order valence-electron chi connectivity index (χ3n) is 5.73. The van der Waals surface area contributed by atoms with Crippen LogP contribution in [0.5, 0.6) is 0 Å². The van der Waals surface area contributed by atoms with Crippen LogP contribution < -0.4 is 5.32 Å². The van der Waals surface area contributed by atoms with Crippen molar-refractivity contribution in [3.63, 3.8) is 0 Å². The molecule has 1 N–H and O–H groups in total. The second kappa shape index (κ2) is 9.63. The minimum absolute atomic E-state index is 0.0980. The van der Waals surface area contributed by atoms with Gasteiger partial charge in [-0.15, -0.1) is 0 Å². The Kier molecular flexibility index (Phi) is 6.50. The summed E-state index contributed by atoms with van der Waals surface area (Å²) in [6, 6.07) is 18.9. The number of carbonyl (C=O) groups is 1. The lowest BCUT2D eigenvalue weighted by Gasteiger charge is -2.28. The highest BCUT2D eigenvalue weighted by Crippen LogP contribution is 2.21. The van der Waals surface area contributed by atoms with Crippen molar-refractivity contribution in [1.29, 1.82) is 0 Å². The van der Waals surface area contributed by atoms with Crippen molar-refractivity contribution < 1.29 is 4.79 Å².